The van der Waals surface area contributed by atoms with Gasteiger partial charge in [-0.25, -0.2) is 9.79 Å². The van der Waals surface area contributed by atoms with Gasteiger partial charge in [0.25, 0.3) is 0 Å². The summed E-state index contributed by atoms with van der Waals surface area (Å²) in [5.41, 5.74) is 2.42. The number of hydrogen-bond acceptors (Lipinski definition) is 3. The number of carbonyl (C=O) groups excluding carboxylic acids is 1. The number of isocyanates is 1. The molecular formula is C12H12BrNOS. The van der Waals surface area contributed by atoms with Gasteiger partial charge in [-0.05, 0) is 35.3 Å². The van der Waals surface area contributed by atoms with Crippen molar-refractivity contribution in [3.8, 4) is 0 Å². The highest BCUT2D eigenvalue weighted by Crippen LogP contribution is 2.36. The van der Waals surface area contributed by atoms with Crippen LogP contribution in [0.5, 0.6) is 0 Å². The van der Waals surface area contributed by atoms with Crippen LogP contribution in [0, 0.1) is 0 Å². The molecule has 84 valence electrons. The van der Waals surface area contributed by atoms with Gasteiger partial charge < -0.3 is 0 Å². The number of hydrogen-bond donors (Lipinski definition) is 0. The van der Waals surface area contributed by atoms with Crippen LogP contribution in [0.15, 0.2) is 27.7 Å². The highest BCUT2D eigenvalue weighted by Gasteiger charge is 2.19. The molecule has 0 radical (unpaired) electrons. The van der Waals surface area contributed by atoms with Crippen molar-refractivity contribution in [2.75, 3.05) is 11.5 Å². The van der Waals surface area contributed by atoms with Crippen LogP contribution >= 0.6 is 27.7 Å². The highest BCUT2D eigenvalue weighted by molar-refractivity contribution is 9.10. The van der Waals surface area contributed by atoms with Crippen LogP contribution in [-0.2, 0) is 11.3 Å². The van der Waals surface area contributed by atoms with Gasteiger partial charge in [-0.3, -0.25) is 0 Å². The van der Waals surface area contributed by atoms with E-state index in [0.717, 1.165) is 10.0 Å². The van der Waals surface area contributed by atoms with Crippen molar-refractivity contribution in [2.45, 2.75) is 18.9 Å². The van der Waals surface area contributed by atoms with E-state index in [0.29, 0.717) is 12.5 Å². The number of halogens is 1. The van der Waals surface area contributed by atoms with Gasteiger partial charge in [0.2, 0.25) is 6.08 Å². The SMILES string of the molecule is O=C=NCc1ccc(C2CCSC2)c(Br)c1. The number of rotatable bonds is 3. The minimum Gasteiger partial charge on any atom is -0.211 e. The second-order valence-corrected chi connectivity index (χ2v) is 5.83. The van der Waals surface area contributed by atoms with Crippen molar-refractivity contribution >= 4 is 33.8 Å². The Hall–Kier alpha value is -0.570. The van der Waals surface area contributed by atoms with E-state index in [9.17, 15) is 4.79 Å². The van der Waals surface area contributed by atoms with Crippen molar-refractivity contribution in [1.82, 2.24) is 0 Å². The van der Waals surface area contributed by atoms with Crippen molar-refractivity contribution in [1.29, 1.82) is 0 Å². The summed E-state index contributed by atoms with van der Waals surface area (Å²) in [4.78, 5) is 13.6. The molecule has 2 rings (SSSR count). The molecule has 1 aromatic rings. The van der Waals surface area contributed by atoms with Crippen molar-refractivity contribution in [3.05, 3.63) is 33.8 Å². The fourth-order valence-electron chi connectivity index (χ4n) is 1.90. The Kier molecular flexibility index (Phi) is 4.22. The van der Waals surface area contributed by atoms with Gasteiger partial charge in [0.15, 0.2) is 0 Å². The first-order valence-corrected chi connectivity index (χ1v) is 7.15. The van der Waals surface area contributed by atoms with Crippen LogP contribution in [0.4, 0.5) is 0 Å². The molecule has 1 atom stereocenters. The summed E-state index contributed by atoms with van der Waals surface area (Å²) in [5, 5.41) is 0. The summed E-state index contributed by atoms with van der Waals surface area (Å²) in [6, 6.07) is 6.25. The Morgan fingerprint density at radius 1 is 1.56 bits per heavy atom. The fraction of sp³-hybridized carbons (Fsp3) is 0.417. The van der Waals surface area contributed by atoms with Gasteiger partial charge in [0, 0.05) is 10.2 Å². The molecule has 2 nitrogen and oxygen atoms in total. The first-order chi connectivity index (χ1) is 7.81. The molecule has 1 aromatic carbocycles. The molecule has 1 unspecified atom stereocenters. The zero-order chi connectivity index (χ0) is 11.4. The van der Waals surface area contributed by atoms with Gasteiger partial charge in [-0.2, -0.15) is 11.8 Å². The minimum absolute atomic E-state index is 0.418. The average molecular weight is 298 g/mol. The standard InChI is InChI=1S/C12H12BrNOS/c13-12-5-9(6-14-8-15)1-2-11(12)10-3-4-16-7-10/h1-2,5,10H,3-4,6-7H2. The molecule has 0 aromatic heterocycles. The molecule has 16 heavy (non-hydrogen) atoms. The van der Waals surface area contributed by atoms with Crippen LogP contribution in [0.3, 0.4) is 0 Å². The summed E-state index contributed by atoms with van der Waals surface area (Å²) in [5.74, 6) is 3.14. The Morgan fingerprint density at radius 2 is 2.44 bits per heavy atom. The van der Waals surface area contributed by atoms with E-state index in [-0.39, 0.29) is 0 Å². The van der Waals surface area contributed by atoms with E-state index in [2.05, 4.69) is 33.1 Å². The molecule has 0 N–H and O–H groups in total. The highest BCUT2D eigenvalue weighted by atomic mass is 79.9. The molecular weight excluding hydrogens is 286 g/mol. The summed E-state index contributed by atoms with van der Waals surface area (Å²) >= 11 is 5.61. The van der Waals surface area contributed by atoms with Crippen molar-refractivity contribution in [3.63, 3.8) is 0 Å². The van der Waals surface area contributed by atoms with E-state index >= 15 is 0 Å². The maximum absolute atomic E-state index is 10.0. The topological polar surface area (TPSA) is 29.4 Å². The van der Waals surface area contributed by atoms with E-state index in [1.54, 1.807) is 6.08 Å². The minimum atomic E-state index is 0.418. The molecule has 0 aliphatic carbocycles. The normalized spacial score (nSPS) is 19.4. The number of thioether (sulfide) groups is 1. The Balaban J connectivity index is 2.18. The van der Waals surface area contributed by atoms with E-state index in [4.69, 9.17) is 0 Å². The third-order valence-electron chi connectivity index (χ3n) is 2.76. The average Bonchev–Trinajstić information content (AvgIpc) is 2.80. The monoisotopic (exact) mass is 297 g/mol. The van der Waals surface area contributed by atoms with Crippen LogP contribution in [0.1, 0.15) is 23.5 Å². The molecule has 0 bridgehead atoms. The lowest BCUT2D eigenvalue weighted by atomic mass is 9.97. The quantitative estimate of drug-likeness (QED) is 0.631. The van der Waals surface area contributed by atoms with E-state index in [1.807, 2.05) is 17.8 Å². The third kappa shape index (κ3) is 2.76. The molecule has 0 spiro atoms. The van der Waals surface area contributed by atoms with Gasteiger partial charge in [0.05, 0.1) is 6.54 Å². The number of benzene rings is 1. The van der Waals surface area contributed by atoms with Crippen LogP contribution in [0.2, 0.25) is 0 Å². The van der Waals surface area contributed by atoms with Gasteiger partial charge in [-0.1, -0.05) is 28.1 Å². The molecule has 1 fully saturated rings. The summed E-state index contributed by atoms with van der Waals surface area (Å²) in [6.45, 7) is 0.418. The number of nitrogens with zero attached hydrogens (tertiary/aromatic N) is 1. The van der Waals surface area contributed by atoms with E-state index < -0.39 is 0 Å². The smallest absolute Gasteiger partial charge is 0.211 e. The molecule has 1 heterocycles. The predicted molar refractivity (Wildman–Crippen MR) is 70.7 cm³/mol. The van der Waals surface area contributed by atoms with Gasteiger partial charge in [0.1, 0.15) is 0 Å². The van der Waals surface area contributed by atoms with Crippen molar-refractivity contribution in [2.24, 2.45) is 4.99 Å². The van der Waals surface area contributed by atoms with Crippen molar-refractivity contribution < 1.29 is 4.79 Å². The molecule has 1 saturated heterocycles. The zero-order valence-corrected chi connectivity index (χ0v) is 11.2. The van der Waals surface area contributed by atoms with Crippen LogP contribution < -0.4 is 0 Å². The largest absolute Gasteiger partial charge is 0.235 e. The summed E-state index contributed by atoms with van der Waals surface area (Å²) < 4.78 is 1.14. The first kappa shape index (κ1) is 11.9. The second-order valence-electron chi connectivity index (χ2n) is 3.82. The third-order valence-corrected chi connectivity index (χ3v) is 4.61. The molecule has 0 amide bonds. The summed E-state index contributed by atoms with van der Waals surface area (Å²) in [6.07, 6.45) is 2.82. The second kappa shape index (κ2) is 5.67. The molecule has 0 saturated carbocycles. The lowest BCUT2D eigenvalue weighted by Crippen LogP contribution is -1.98. The Morgan fingerprint density at radius 3 is 3.06 bits per heavy atom. The fourth-order valence-corrected chi connectivity index (χ4v) is 3.90. The molecule has 4 heteroatoms. The van der Waals surface area contributed by atoms with Crippen LogP contribution in [0.25, 0.3) is 0 Å². The molecule has 1 aliphatic heterocycles. The molecule has 1 aliphatic rings. The Labute approximate surface area is 108 Å². The maximum Gasteiger partial charge on any atom is 0.235 e. The Bertz CT molecular complexity index is 423. The van der Waals surface area contributed by atoms with Gasteiger partial charge >= 0.3 is 0 Å². The zero-order valence-electron chi connectivity index (χ0n) is 8.78. The summed E-state index contributed by atoms with van der Waals surface area (Å²) in [7, 11) is 0. The lowest BCUT2D eigenvalue weighted by molar-refractivity contribution is 0.563. The number of aliphatic imine (C=N–C) groups is 1. The van der Waals surface area contributed by atoms with E-state index in [1.165, 1.54) is 23.5 Å². The maximum atomic E-state index is 10.0. The van der Waals surface area contributed by atoms with Gasteiger partial charge in [-0.15, -0.1) is 0 Å². The predicted octanol–water partition coefficient (Wildman–Crippen LogP) is 3.51. The lowest BCUT2D eigenvalue weighted by Gasteiger charge is -2.11. The van der Waals surface area contributed by atoms with Crippen LogP contribution in [-0.4, -0.2) is 17.6 Å². The first-order valence-electron chi connectivity index (χ1n) is 5.21.